The Labute approximate surface area is 197 Å². The van der Waals surface area contributed by atoms with E-state index in [2.05, 4.69) is 22.5 Å². The largest absolute Gasteiger partial charge is 0.497 e. The fraction of sp³-hybridized carbons (Fsp3) is 0.231. The Kier molecular flexibility index (Phi) is 8.11. The summed E-state index contributed by atoms with van der Waals surface area (Å²) in [5.41, 5.74) is 1.74. The Morgan fingerprint density at radius 1 is 0.939 bits per heavy atom. The molecule has 0 spiro atoms. The molecular formula is C26H26N2O4S. The highest BCUT2D eigenvalue weighted by molar-refractivity contribution is 7.10. The number of rotatable bonds is 7. The smallest absolute Gasteiger partial charge is 0.252 e. The minimum atomic E-state index is -0.740. The van der Waals surface area contributed by atoms with Crippen LogP contribution in [-0.2, 0) is 4.79 Å². The molecule has 2 amide bonds. The van der Waals surface area contributed by atoms with Crippen molar-refractivity contribution in [3.63, 3.8) is 0 Å². The van der Waals surface area contributed by atoms with E-state index in [1.807, 2.05) is 49.6 Å². The number of methoxy groups -OCH3 is 2. The van der Waals surface area contributed by atoms with E-state index in [-0.39, 0.29) is 11.8 Å². The summed E-state index contributed by atoms with van der Waals surface area (Å²) in [7, 11) is 3.03. The average Bonchev–Trinajstić information content (AvgIpc) is 3.34. The minimum absolute atomic E-state index is 0.136. The maximum Gasteiger partial charge on any atom is 0.252 e. The van der Waals surface area contributed by atoms with E-state index in [4.69, 9.17) is 9.47 Å². The summed E-state index contributed by atoms with van der Waals surface area (Å²) in [5, 5.41) is 7.69. The zero-order valence-electron chi connectivity index (χ0n) is 19.0. The Balaban J connectivity index is 1.73. The molecule has 1 heterocycles. The number of amides is 2. The van der Waals surface area contributed by atoms with Crippen LogP contribution in [0.1, 0.15) is 34.6 Å². The SMILES string of the molecule is COc1cc(OC)cc(C(=O)N[C@@H](C(=O)Nc2cccc(C#Cc3cccs3)c2)C(C)C)c1. The highest BCUT2D eigenvalue weighted by atomic mass is 32.1. The van der Waals surface area contributed by atoms with Gasteiger partial charge in [-0.05, 0) is 47.7 Å². The molecule has 0 radical (unpaired) electrons. The molecule has 1 atom stereocenters. The molecule has 0 unspecified atom stereocenters. The van der Waals surface area contributed by atoms with Gasteiger partial charge in [0.25, 0.3) is 5.91 Å². The molecule has 0 saturated carbocycles. The lowest BCUT2D eigenvalue weighted by Gasteiger charge is -2.22. The number of hydrogen-bond donors (Lipinski definition) is 2. The van der Waals surface area contributed by atoms with Crippen molar-refractivity contribution in [2.24, 2.45) is 5.92 Å². The zero-order valence-corrected chi connectivity index (χ0v) is 19.8. The Bertz CT molecular complexity index is 1150. The molecule has 2 aromatic carbocycles. The van der Waals surface area contributed by atoms with Crippen LogP contribution in [0.25, 0.3) is 0 Å². The van der Waals surface area contributed by atoms with Crippen LogP contribution in [0, 0.1) is 17.8 Å². The second kappa shape index (κ2) is 11.2. The normalized spacial score (nSPS) is 11.2. The van der Waals surface area contributed by atoms with Gasteiger partial charge in [-0.3, -0.25) is 9.59 Å². The average molecular weight is 463 g/mol. The van der Waals surface area contributed by atoms with Crippen molar-refractivity contribution in [2.75, 3.05) is 19.5 Å². The minimum Gasteiger partial charge on any atom is -0.497 e. The third-order valence-corrected chi connectivity index (χ3v) is 5.62. The van der Waals surface area contributed by atoms with E-state index in [0.29, 0.717) is 22.7 Å². The molecule has 0 bridgehead atoms. The van der Waals surface area contributed by atoms with Gasteiger partial charge in [-0.1, -0.05) is 37.8 Å². The lowest BCUT2D eigenvalue weighted by Crippen LogP contribution is -2.47. The summed E-state index contributed by atoms with van der Waals surface area (Å²) in [4.78, 5) is 26.9. The lowest BCUT2D eigenvalue weighted by molar-refractivity contribution is -0.118. The molecule has 0 fully saturated rings. The number of hydrogen-bond acceptors (Lipinski definition) is 5. The number of ether oxygens (including phenoxy) is 2. The van der Waals surface area contributed by atoms with Crippen LogP contribution in [-0.4, -0.2) is 32.1 Å². The van der Waals surface area contributed by atoms with Crippen LogP contribution in [0.15, 0.2) is 60.0 Å². The van der Waals surface area contributed by atoms with Crippen molar-refractivity contribution in [3.05, 3.63) is 76.0 Å². The molecule has 6 nitrogen and oxygen atoms in total. The summed E-state index contributed by atoms with van der Waals surface area (Å²) in [5.74, 6) is 6.35. The maximum atomic E-state index is 13.0. The molecule has 33 heavy (non-hydrogen) atoms. The molecule has 7 heteroatoms. The molecule has 0 aliphatic heterocycles. The summed E-state index contributed by atoms with van der Waals surface area (Å²) < 4.78 is 10.5. The van der Waals surface area contributed by atoms with Crippen LogP contribution in [0.2, 0.25) is 0 Å². The van der Waals surface area contributed by atoms with Gasteiger partial charge in [0, 0.05) is 22.9 Å². The fourth-order valence-electron chi connectivity index (χ4n) is 3.08. The van der Waals surface area contributed by atoms with Crippen molar-refractivity contribution in [3.8, 4) is 23.3 Å². The van der Waals surface area contributed by atoms with E-state index in [1.54, 1.807) is 35.6 Å². The van der Waals surface area contributed by atoms with Gasteiger partial charge in [-0.25, -0.2) is 0 Å². The molecule has 2 N–H and O–H groups in total. The lowest BCUT2D eigenvalue weighted by atomic mass is 10.0. The van der Waals surface area contributed by atoms with Gasteiger partial charge in [0.15, 0.2) is 0 Å². The predicted molar refractivity (Wildman–Crippen MR) is 131 cm³/mol. The van der Waals surface area contributed by atoms with Crippen LogP contribution in [0.5, 0.6) is 11.5 Å². The first-order valence-electron chi connectivity index (χ1n) is 10.4. The standard InChI is InChI=1S/C26H26N2O4S/c1-17(2)24(28-25(29)19-14-21(31-3)16-22(15-19)32-4)26(30)27-20-8-5-7-18(13-20)10-11-23-9-6-12-33-23/h5-9,12-17,24H,1-4H3,(H,27,30)(H,28,29)/t24-/m1/s1. The first-order valence-corrected chi connectivity index (χ1v) is 11.3. The van der Waals surface area contributed by atoms with E-state index >= 15 is 0 Å². The number of carbonyl (C=O) groups is 2. The van der Waals surface area contributed by atoms with Crippen LogP contribution in [0.3, 0.4) is 0 Å². The van der Waals surface area contributed by atoms with Gasteiger partial charge < -0.3 is 20.1 Å². The summed E-state index contributed by atoms with van der Waals surface area (Å²) >= 11 is 1.57. The van der Waals surface area contributed by atoms with Crippen molar-refractivity contribution < 1.29 is 19.1 Å². The first kappa shape index (κ1) is 23.9. The van der Waals surface area contributed by atoms with Gasteiger partial charge in [0.05, 0.1) is 19.1 Å². The van der Waals surface area contributed by atoms with Gasteiger partial charge >= 0.3 is 0 Å². The molecule has 1 aromatic heterocycles. The maximum absolute atomic E-state index is 13.0. The third kappa shape index (κ3) is 6.61. The van der Waals surface area contributed by atoms with E-state index in [9.17, 15) is 9.59 Å². The van der Waals surface area contributed by atoms with Crippen molar-refractivity contribution in [2.45, 2.75) is 19.9 Å². The van der Waals surface area contributed by atoms with Crippen molar-refractivity contribution in [1.82, 2.24) is 5.32 Å². The van der Waals surface area contributed by atoms with Gasteiger partial charge in [0.2, 0.25) is 5.91 Å². The highest BCUT2D eigenvalue weighted by Crippen LogP contribution is 2.23. The number of nitrogens with one attached hydrogen (secondary N) is 2. The van der Waals surface area contributed by atoms with E-state index in [0.717, 1.165) is 10.4 Å². The van der Waals surface area contributed by atoms with Gasteiger partial charge in [0.1, 0.15) is 17.5 Å². The van der Waals surface area contributed by atoms with Crippen LogP contribution in [0.4, 0.5) is 5.69 Å². The third-order valence-electron chi connectivity index (χ3n) is 4.83. The second-order valence-electron chi connectivity index (χ2n) is 7.59. The number of carbonyl (C=O) groups excluding carboxylic acids is 2. The molecular weight excluding hydrogens is 436 g/mol. The van der Waals surface area contributed by atoms with Crippen molar-refractivity contribution >= 4 is 28.8 Å². The number of thiophene rings is 1. The Morgan fingerprint density at radius 2 is 1.67 bits per heavy atom. The van der Waals surface area contributed by atoms with Gasteiger partial charge in [-0.2, -0.15) is 0 Å². The molecule has 170 valence electrons. The van der Waals surface area contributed by atoms with Crippen LogP contribution < -0.4 is 20.1 Å². The molecule has 3 rings (SSSR count). The topological polar surface area (TPSA) is 76.7 Å². The molecule has 0 saturated heterocycles. The second-order valence-corrected chi connectivity index (χ2v) is 8.54. The first-order chi connectivity index (χ1) is 15.9. The van der Waals surface area contributed by atoms with E-state index in [1.165, 1.54) is 14.2 Å². The molecule has 0 aliphatic carbocycles. The van der Waals surface area contributed by atoms with E-state index < -0.39 is 11.9 Å². The predicted octanol–water partition coefficient (Wildman–Crippen LogP) is 4.56. The molecule has 3 aromatic rings. The highest BCUT2D eigenvalue weighted by Gasteiger charge is 2.25. The number of anilines is 1. The van der Waals surface area contributed by atoms with Gasteiger partial charge in [-0.15, -0.1) is 11.3 Å². The molecule has 0 aliphatic rings. The summed E-state index contributed by atoms with van der Waals surface area (Å²) in [6, 6.07) is 15.4. The van der Waals surface area contributed by atoms with Crippen LogP contribution >= 0.6 is 11.3 Å². The zero-order chi connectivity index (χ0) is 23.8. The van der Waals surface area contributed by atoms with Crippen molar-refractivity contribution in [1.29, 1.82) is 0 Å². The summed E-state index contributed by atoms with van der Waals surface area (Å²) in [6.45, 7) is 3.75. The Morgan fingerprint density at radius 3 is 2.27 bits per heavy atom. The monoisotopic (exact) mass is 462 g/mol. The Hall–Kier alpha value is -3.76. The summed E-state index contributed by atoms with van der Waals surface area (Å²) in [6.07, 6.45) is 0. The number of benzene rings is 2. The fourth-order valence-corrected chi connectivity index (χ4v) is 3.65. The quantitative estimate of drug-likeness (QED) is 0.505.